The first kappa shape index (κ1) is 18.7. The van der Waals surface area contributed by atoms with Crippen LogP contribution in [-0.4, -0.2) is 48.4 Å². The number of ether oxygens (including phenoxy) is 3. The van der Waals surface area contributed by atoms with E-state index in [2.05, 4.69) is 0 Å². The highest BCUT2D eigenvalue weighted by atomic mass is 16.5. The second-order valence-corrected chi connectivity index (χ2v) is 5.47. The fourth-order valence-electron chi connectivity index (χ4n) is 2.64. The van der Waals surface area contributed by atoms with Gasteiger partial charge in [-0.15, -0.1) is 0 Å². The zero-order valence-corrected chi connectivity index (χ0v) is 14.3. The zero-order valence-electron chi connectivity index (χ0n) is 14.3. The summed E-state index contributed by atoms with van der Waals surface area (Å²) in [4.78, 5) is 0. The van der Waals surface area contributed by atoms with Crippen molar-refractivity contribution < 1.29 is 34.6 Å². The number of hydrogen-bond donors (Lipinski definition) is 4. The van der Waals surface area contributed by atoms with Gasteiger partial charge in [-0.1, -0.05) is 0 Å². The van der Waals surface area contributed by atoms with Crippen LogP contribution in [0.1, 0.15) is 23.1 Å². The van der Waals surface area contributed by atoms with E-state index in [1.54, 1.807) is 6.07 Å². The average Bonchev–Trinajstić information content (AvgIpc) is 2.62. The third-order valence-corrected chi connectivity index (χ3v) is 4.00. The molecule has 0 unspecified atom stereocenters. The van der Waals surface area contributed by atoms with E-state index >= 15 is 0 Å². The van der Waals surface area contributed by atoms with Gasteiger partial charge in [-0.25, -0.2) is 0 Å². The standard InChI is InChI=1S/C18H22O7/c1-23-13-5-11(4-12(20)8-13)17(21)14(9-19)10-6-15(24-2)18(22)16(7-10)25-3/h4-8,14,17,19-22H,9H2,1-3H3/t14-,17-/m0/s1. The van der Waals surface area contributed by atoms with Crippen molar-refractivity contribution in [3.63, 3.8) is 0 Å². The van der Waals surface area contributed by atoms with Crippen molar-refractivity contribution in [3.8, 4) is 28.7 Å². The molecular weight excluding hydrogens is 328 g/mol. The maximum atomic E-state index is 10.7. The number of rotatable bonds is 7. The van der Waals surface area contributed by atoms with Gasteiger partial charge in [0.15, 0.2) is 11.5 Å². The molecule has 2 atom stereocenters. The van der Waals surface area contributed by atoms with Gasteiger partial charge in [-0.2, -0.15) is 0 Å². The minimum Gasteiger partial charge on any atom is -0.508 e. The molecule has 0 radical (unpaired) electrons. The maximum Gasteiger partial charge on any atom is 0.200 e. The molecule has 0 heterocycles. The molecule has 4 N–H and O–H groups in total. The third-order valence-electron chi connectivity index (χ3n) is 4.00. The van der Waals surface area contributed by atoms with Crippen LogP contribution < -0.4 is 14.2 Å². The average molecular weight is 350 g/mol. The van der Waals surface area contributed by atoms with E-state index in [1.165, 1.54) is 45.6 Å². The Labute approximate surface area is 145 Å². The Morgan fingerprint density at radius 1 is 0.840 bits per heavy atom. The van der Waals surface area contributed by atoms with Crippen molar-refractivity contribution >= 4 is 0 Å². The summed E-state index contributed by atoms with van der Waals surface area (Å²) in [5, 5.41) is 40.3. The van der Waals surface area contributed by atoms with Crippen molar-refractivity contribution in [2.75, 3.05) is 27.9 Å². The molecule has 0 amide bonds. The van der Waals surface area contributed by atoms with E-state index in [1.807, 2.05) is 0 Å². The summed E-state index contributed by atoms with van der Waals surface area (Å²) in [7, 11) is 4.23. The topological polar surface area (TPSA) is 109 Å². The van der Waals surface area contributed by atoms with Crippen LogP contribution in [0, 0.1) is 0 Å². The largest absolute Gasteiger partial charge is 0.508 e. The summed E-state index contributed by atoms with van der Waals surface area (Å²) in [6.07, 6.45) is -1.13. The molecule has 2 aromatic carbocycles. The van der Waals surface area contributed by atoms with Crippen molar-refractivity contribution in [1.82, 2.24) is 0 Å². The Hall–Kier alpha value is -2.64. The van der Waals surface area contributed by atoms with Crippen molar-refractivity contribution in [3.05, 3.63) is 41.5 Å². The van der Waals surface area contributed by atoms with Crippen molar-refractivity contribution in [1.29, 1.82) is 0 Å². The molecule has 0 fully saturated rings. The normalized spacial score (nSPS) is 13.2. The van der Waals surface area contributed by atoms with Crippen LogP contribution >= 0.6 is 0 Å². The Balaban J connectivity index is 2.47. The first-order chi connectivity index (χ1) is 11.9. The number of methoxy groups -OCH3 is 3. The molecule has 0 saturated heterocycles. The molecule has 25 heavy (non-hydrogen) atoms. The van der Waals surface area contributed by atoms with Gasteiger partial charge >= 0.3 is 0 Å². The molecule has 0 saturated carbocycles. The van der Waals surface area contributed by atoms with Gasteiger partial charge < -0.3 is 34.6 Å². The first-order valence-corrected chi connectivity index (χ1v) is 7.56. The SMILES string of the molecule is COc1cc(O)cc([C@H](O)[C@@H](CO)c2cc(OC)c(O)c(OC)c2)c1. The fourth-order valence-corrected chi connectivity index (χ4v) is 2.64. The number of aliphatic hydroxyl groups excluding tert-OH is 2. The lowest BCUT2D eigenvalue weighted by Gasteiger charge is -2.23. The molecule has 136 valence electrons. The summed E-state index contributed by atoms with van der Waals surface area (Å²) in [6, 6.07) is 7.41. The maximum absolute atomic E-state index is 10.7. The van der Waals surface area contributed by atoms with Crippen LogP contribution in [-0.2, 0) is 0 Å². The zero-order chi connectivity index (χ0) is 18.6. The predicted octanol–water partition coefficient (Wildman–Crippen LogP) is 1.93. The number of aliphatic hydroxyl groups is 2. The van der Waals surface area contributed by atoms with E-state index in [0.717, 1.165) is 0 Å². The van der Waals surface area contributed by atoms with Crippen molar-refractivity contribution in [2.45, 2.75) is 12.0 Å². The van der Waals surface area contributed by atoms with Crippen LogP contribution in [0.25, 0.3) is 0 Å². The third kappa shape index (κ3) is 3.89. The molecular formula is C18H22O7. The van der Waals surface area contributed by atoms with Gasteiger partial charge in [0, 0.05) is 12.0 Å². The number of phenols is 2. The number of aromatic hydroxyl groups is 2. The molecule has 2 rings (SSSR count). The van der Waals surface area contributed by atoms with E-state index in [4.69, 9.17) is 14.2 Å². The molecule has 0 aliphatic carbocycles. The Kier molecular flexibility index (Phi) is 5.95. The monoisotopic (exact) mass is 350 g/mol. The molecule has 0 aliphatic rings. The highest BCUT2D eigenvalue weighted by Crippen LogP contribution is 2.42. The Morgan fingerprint density at radius 2 is 1.44 bits per heavy atom. The molecule has 0 aromatic heterocycles. The molecule has 7 nitrogen and oxygen atoms in total. The van der Waals surface area contributed by atoms with Gasteiger partial charge in [0.25, 0.3) is 0 Å². The van der Waals surface area contributed by atoms with E-state index in [9.17, 15) is 20.4 Å². The Morgan fingerprint density at radius 3 is 1.92 bits per heavy atom. The van der Waals surface area contributed by atoms with Crippen LogP contribution in [0.2, 0.25) is 0 Å². The second kappa shape index (κ2) is 7.96. The summed E-state index contributed by atoms with van der Waals surface area (Å²) in [5.74, 6) is -0.270. The highest BCUT2D eigenvalue weighted by Gasteiger charge is 2.26. The fraction of sp³-hybridized carbons (Fsp3) is 0.333. The van der Waals surface area contributed by atoms with Crippen LogP contribution in [0.3, 0.4) is 0 Å². The van der Waals surface area contributed by atoms with Crippen LogP contribution in [0.4, 0.5) is 0 Å². The lowest BCUT2D eigenvalue weighted by molar-refractivity contribution is 0.106. The predicted molar refractivity (Wildman–Crippen MR) is 90.7 cm³/mol. The number of phenolic OH excluding ortho intramolecular Hbond substituents is 2. The lowest BCUT2D eigenvalue weighted by Crippen LogP contribution is -2.15. The van der Waals surface area contributed by atoms with Gasteiger partial charge in [-0.05, 0) is 35.4 Å². The van der Waals surface area contributed by atoms with Gasteiger partial charge in [-0.3, -0.25) is 0 Å². The van der Waals surface area contributed by atoms with Crippen molar-refractivity contribution in [2.24, 2.45) is 0 Å². The highest BCUT2D eigenvalue weighted by molar-refractivity contribution is 5.54. The van der Waals surface area contributed by atoms with E-state index < -0.39 is 12.0 Å². The summed E-state index contributed by atoms with van der Waals surface area (Å²) >= 11 is 0. The quantitative estimate of drug-likeness (QED) is 0.604. The molecule has 0 bridgehead atoms. The minimum atomic E-state index is -1.13. The second-order valence-electron chi connectivity index (χ2n) is 5.47. The lowest BCUT2D eigenvalue weighted by atomic mass is 9.89. The summed E-state index contributed by atoms with van der Waals surface area (Å²) in [5.41, 5.74) is 0.880. The summed E-state index contributed by atoms with van der Waals surface area (Å²) < 4.78 is 15.3. The van der Waals surface area contributed by atoms with Crippen LogP contribution in [0.15, 0.2) is 30.3 Å². The molecule has 0 spiro atoms. The van der Waals surface area contributed by atoms with Gasteiger partial charge in [0.2, 0.25) is 5.75 Å². The smallest absolute Gasteiger partial charge is 0.200 e. The summed E-state index contributed by atoms with van der Waals surface area (Å²) in [6.45, 7) is -0.379. The minimum absolute atomic E-state index is 0.0639. The molecule has 2 aromatic rings. The molecule has 7 heteroatoms. The molecule has 0 aliphatic heterocycles. The van der Waals surface area contributed by atoms with Gasteiger partial charge in [0.05, 0.1) is 34.0 Å². The Bertz CT molecular complexity index is 704. The van der Waals surface area contributed by atoms with E-state index in [0.29, 0.717) is 16.9 Å². The number of hydrogen-bond acceptors (Lipinski definition) is 7. The number of benzene rings is 2. The van der Waals surface area contributed by atoms with Gasteiger partial charge in [0.1, 0.15) is 11.5 Å². The van der Waals surface area contributed by atoms with E-state index in [-0.39, 0.29) is 29.6 Å². The van der Waals surface area contributed by atoms with Crippen LogP contribution in [0.5, 0.6) is 28.7 Å². The first-order valence-electron chi connectivity index (χ1n) is 7.56.